The Hall–Kier alpha value is -4.23. The summed E-state index contributed by atoms with van der Waals surface area (Å²) in [5, 5.41) is 3.49. The van der Waals surface area contributed by atoms with E-state index in [-0.39, 0.29) is 30.4 Å². The van der Waals surface area contributed by atoms with Crippen molar-refractivity contribution in [1.29, 1.82) is 0 Å². The van der Waals surface area contributed by atoms with Gasteiger partial charge in [-0.25, -0.2) is 9.78 Å². The summed E-state index contributed by atoms with van der Waals surface area (Å²) in [6, 6.07) is 6.00. The number of carbonyl (C=O) groups is 1. The summed E-state index contributed by atoms with van der Waals surface area (Å²) in [7, 11) is 0. The Bertz CT molecular complexity index is 1630. The van der Waals surface area contributed by atoms with Gasteiger partial charge in [0, 0.05) is 64.1 Å². The molecule has 0 saturated carbocycles. The fourth-order valence-corrected chi connectivity index (χ4v) is 5.91. The summed E-state index contributed by atoms with van der Waals surface area (Å²) in [5.74, 6) is 1.10. The number of hydrogen-bond donors (Lipinski definition) is 2. The molecule has 4 aromatic heterocycles. The van der Waals surface area contributed by atoms with Gasteiger partial charge in [0.1, 0.15) is 17.1 Å². The molecule has 0 bridgehead atoms. The third-order valence-electron chi connectivity index (χ3n) is 8.41. The van der Waals surface area contributed by atoms with Crippen molar-refractivity contribution < 1.29 is 22.7 Å². The zero-order valence-electron chi connectivity index (χ0n) is 24.7. The maximum absolute atomic E-state index is 14.1. The Morgan fingerprint density at radius 1 is 1.07 bits per heavy atom. The highest BCUT2D eigenvalue weighted by Gasteiger charge is 2.36. The summed E-state index contributed by atoms with van der Waals surface area (Å²) in [5.41, 5.74) is 1.54. The third kappa shape index (κ3) is 6.34. The molecule has 0 radical (unpaired) electrons. The van der Waals surface area contributed by atoms with Crippen LogP contribution >= 0.6 is 0 Å². The lowest BCUT2D eigenvalue weighted by Crippen LogP contribution is -2.45. The summed E-state index contributed by atoms with van der Waals surface area (Å²) >= 11 is 0. The molecule has 2 amide bonds. The van der Waals surface area contributed by atoms with Crippen molar-refractivity contribution in [3.05, 3.63) is 71.6 Å². The normalized spacial score (nSPS) is 17.9. The number of anilines is 1. The Labute approximate surface area is 253 Å². The van der Waals surface area contributed by atoms with E-state index in [9.17, 15) is 18.0 Å². The number of alkyl halides is 3. The van der Waals surface area contributed by atoms with Crippen molar-refractivity contribution >= 4 is 22.8 Å². The summed E-state index contributed by atoms with van der Waals surface area (Å²) in [6.07, 6.45) is 2.55. The smallest absolute Gasteiger partial charge is 0.418 e. The van der Waals surface area contributed by atoms with Gasteiger partial charge >= 0.3 is 12.2 Å². The molecule has 2 aliphatic heterocycles. The first-order chi connectivity index (χ1) is 21.2. The van der Waals surface area contributed by atoms with E-state index in [1.807, 2.05) is 24.0 Å². The van der Waals surface area contributed by atoms with E-state index in [4.69, 9.17) is 4.74 Å². The van der Waals surface area contributed by atoms with Gasteiger partial charge in [0.15, 0.2) is 0 Å². The largest absolute Gasteiger partial charge is 0.455 e. The lowest BCUT2D eigenvalue weighted by atomic mass is 9.92. The number of H-pyrrole nitrogens is 1. The summed E-state index contributed by atoms with van der Waals surface area (Å²) in [4.78, 5) is 35.4. The molecular formula is C31H35F3N8O2. The maximum Gasteiger partial charge on any atom is 0.418 e. The Balaban J connectivity index is 1.17. The van der Waals surface area contributed by atoms with Crippen molar-refractivity contribution in [2.75, 3.05) is 44.6 Å². The average molecular weight is 609 g/mol. The third-order valence-corrected chi connectivity index (χ3v) is 8.41. The number of carbonyl (C=O) groups excluding carboxylic acids is 1. The van der Waals surface area contributed by atoms with Crippen LogP contribution in [0.5, 0.6) is 11.5 Å². The number of aromatic amines is 1. The number of ether oxygens (including phenoxy) is 1. The molecule has 6 rings (SSSR count). The van der Waals surface area contributed by atoms with Crippen LogP contribution in [-0.2, 0) is 19.3 Å². The van der Waals surface area contributed by atoms with Crippen LogP contribution in [0.25, 0.3) is 11.0 Å². The topological polar surface area (TPSA) is 103 Å². The van der Waals surface area contributed by atoms with Crippen LogP contribution < -0.4 is 10.1 Å². The van der Waals surface area contributed by atoms with Crippen LogP contribution in [0.3, 0.4) is 0 Å². The lowest BCUT2D eigenvalue weighted by molar-refractivity contribution is -0.138. The van der Waals surface area contributed by atoms with Gasteiger partial charge in [-0.3, -0.25) is 14.9 Å². The first-order valence-electron chi connectivity index (χ1n) is 14.9. The number of halogens is 3. The van der Waals surface area contributed by atoms with Gasteiger partial charge in [-0.05, 0) is 42.8 Å². The van der Waals surface area contributed by atoms with E-state index in [1.54, 1.807) is 29.6 Å². The van der Waals surface area contributed by atoms with Gasteiger partial charge in [0.2, 0.25) is 0 Å². The monoisotopic (exact) mass is 608 g/mol. The molecule has 10 nitrogen and oxygen atoms in total. The number of aromatic nitrogens is 4. The second-order valence-corrected chi connectivity index (χ2v) is 11.2. The lowest BCUT2D eigenvalue weighted by Gasteiger charge is -2.34. The molecule has 13 heteroatoms. The quantitative estimate of drug-likeness (QED) is 0.272. The minimum atomic E-state index is -4.60. The van der Waals surface area contributed by atoms with E-state index in [2.05, 4.69) is 37.1 Å². The molecular weight excluding hydrogens is 573 g/mol. The van der Waals surface area contributed by atoms with Gasteiger partial charge in [-0.2, -0.15) is 13.2 Å². The average Bonchev–Trinajstić information content (AvgIpc) is 3.51. The Kier molecular flexibility index (Phi) is 8.41. The fourth-order valence-electron chi connectivity index (χ4n) is 5.91. The van der Waals surface area contributed by atoms with Gasteiger partial charge in [-0.1, -0.05) is 13.8 Å². The number of amides is 2. The van der Waals surface area contributed by atoms with Crippen molar-refractivity contribution in [3.8, 4) is 11.5 Å². The molecule has 0 aromatic carbocycles. The maximum atomic E-state index is 14.1. The molecule has 1 fully saturated rings. The van der Waals surface area contributed by atoms with E-state index in [1.165, 1.54) is 6.20 Å². The van der Waals surface area contributed by atoms with Gasteiger partial charge in [0.25, 0.3) is 0 Å². The molecule has 1 atom stereocenters. The predicted octanol–water partition coefficient (Wildman–Crippen LogP) is 5.84. The zero-order valence-corrected chi connectivity index (χ0v) is 24.7. The number of urea groups is 1. The SMILES string of the molecule is CC[C@@H]1CN(C(=O)Nc2cnc(CN3CCN(CC)CC3)c(C(F)(F)F)c2)Cc2cc(Oc3ccnc4[nH]ccc34)cnc21. The molecule has 232 valence electrons. The van der Waals surface area contributed by atoms with Gasteiger partial charge < -0.3 is 24.8 Å². The molecule has 2 N–H and O–H groups in total. The van der Waals surface area contributed by atoms with Crippen LogP contribution in [0, 0.1) is 0 Å². The number of pyridine rings is 3. The Morgan fingerprint density at radius 2 is 1.86 bits per heavy atom. The van der Waals surface area contributed by atoms with Crippen molar-refractivity contribution in [2.24, 2.45) is 0 Å². The van der Waals surface area contributed by atoms with Crippen molar-refractivity contribution in [2.45, 2.75) is 45.5 Å². The van der Waals surface area contributed by atoms with E-state index in [0.29, 0.717) is 36.8 Å². The number of rotatable bonds is 7. The van der Waals surface area contributed by atoms with Crippen LogP contribution in [0.1, 0.15) is 48.7 Å². The minimum absolute atomic E-state index is 0.00383. The molecule has 2 aliphatic rings. The number of hydrogen-bond acceptors (Lipinski definition) is 7. The Morgan fingerprint density at radius 3 is 2.61 bits per heavy atom. The van der Waals surface area contributed by atoms with Crippen LogP contribution in [0.2, 0.25) is 0 Å². The molecule has 4 aromatic rings. The zero-order chi connectivity index (χ0) is 30.8. The number of nitrogens with one attached hydrogen (secondary N) is 2. The highest BCUT2D eigenvalue weighted by Crippen LogP contribution is 2.36. The first kappa shape index (κ1) is 29.8. The molecule has 0 unspecified atom stereocenters. The number of nitrogens with zero attached hydrogens (tertiary/aromatic N) is 6. The van der Waals surface area contributed by atoms with Crippen LogP contribution in [0.15, 0.2) is 49.1 Å². The minimum Gasteiger partial charge on any atom is -0.455 e. The van der Waals surface area contributed by atoms with E-state index < -0.39 is 17.8 Å². The number of piperazine rings is 1. The van der Waals surface area contributed by atoms with Gasteiger partial charge in [0.05, 0.1) is 40.4 Å². The van der Waals surface area contributed by atoms with Gasteiger partial charge in [-0.15, -0.1) is 0 Å². The number of likely N-dealkylation sites (N-methyl/N-ethyl adjacent to an activating group) is 1. The molecule has 6 heterocycles. The molecule has 0 aliphatic carbocycles. The van der Waals surface area contributed by atoms with Crippen LogP contribution in [0.4, 0.5) is 23.7 Å². The van der Waals surface area contributed by atoms with Crippen LogP contribution in [-0.4, -0.2) is 79.9 Å². The standard InChI is InChI=1S/C31H35F3N8O2/c1-3-20-17-42(18-21-13-23(16-38-28(20)21)44-27-6-8-36-29-24(27)5-7-35-29)30(43)39-22-14-25(31(32,33)34)26(37-15-22)19-41-11-9-40(4-2)10-12-41/h5-8,13-16,20H,3-4,9-12,17-19H2,1-2H3,(H,35,36)(H,39,43)/t20-/m1/s1. The van der Waals surface area contributed by atoms with Crippen molar-refractivity contribution in [3.63, 3.8) is 0 Å². The van der Waals surface area contributed by atoms with E-state index >= 15 is 0 Å². The molecule has 0 spiro atoms. The summed E-state index contributed by atoms with van der Waals surface area (Å²) in [6.45, 7) is 8.73. The molecule has 44 heavy (non-hydrogen) atoms. The second-order valence-electron chi connectivity index (χ2n) is 11.2. The first-order valence-corrected chi connectivity index (χ1v) is 14.9. The van der Waals surface area contributed by atoms with E-state index in [0.717, 1.165) is 48.8 Å². The predicted molar refractivity (Wildman–Crippen MR) is 159 cm³/mol. The summed E-state index contributed by atoms with van der Waals surface area (Å²) < 4.78 is 48.4. The molecule has 1 saturated heterocycles. The van der Waals surface area contributed by atoms with Crippen molar-refractivity contribution in [1.82, 2.24) is 34.6 Å². The second kappa shape index (κ2) is 12.4. The highest BCUT2D eigenvalue weighted by molar-refractivity contribution is 5.89. The highest BCUT2D eigenvalue weighted by atomic mass is 19.4. The fraction of sp³-hybridized carbons (Fsp3) is 0.419. The number of fused-ring (bicyclic) bond motifs is 2.